The Bertz CT molecular complexity index is 1210. The van der Waals surface area contributed by atoms with Gasteiger partial charge in [-0.15, -0.1) is 0 Å². The average molecular weight is 520 g/mol. The molecule has 1 aliphatic heterocycles. The van der Waals surface area contributed by atoms with E-state index in [0.29, 0.717) is 18.1 Å². The minimum Gasteiger partial charge on any atom is -0.491 e. The predicted molar refractivity (Wildman–Crippen MR) is 148 cm³/mol. The van der Waals surface area contributed by atoms with E-state index in [0.717, 1.165) is 64.3 Å². The molecule has 0 spiro atoms. The number of likely N-dealkylation sites (tertiary alicyclic amines) is 1. The molecule has 2 fully saturated rings. The monoisotopic (exact) mass is 519 g/mol. The summed E-state index contributed by atoms with van der Waals surface area (Å²) >= 11 is 0. The molecule has 38 heavy (non-hydrogen) atoms. The summed E-state index contributed by atoms with van der Waals surface area (Å²) in [6.07, 6.45) is 6.84. The zero-order chi connectivity index (χ0) is 26.6. The first-order valence-electron chi connectivity index (χ1n) is 14.0. The number of aryl methyl sites for hydroxylation is 3. The van der Waals surface area contributed by atoms with E-state index in [-0.39, 0.29) is 6.61 Å². The van der Waals surface area contributed by atoms with E-state index in [2.05, 4.69) is 22.3 Å². The summed E-state index contributed by atoms with van der Waals surface area (Å²) < 4.78 is 11.4. The molecule has 1 saturated carbocycles. The maximum Gasteiger partial charge on any atom is 0.160 e. The third-order valence-corrected chi connectivity index (χ3v) is 7.99. The van der Waals surface area contributed by atoms with Gasteiger partial charge in [-0.25, -0.2) is 9.97 Å². The summed E-state index contributed by atoms with van der Waals surface area (Å²) in [5, 5.41) is 17.2. The number of aliphatic hydroxyl groups is 1. The lowest BCUT2D eigenvalue weighted by atomic mass is 9.90. The molecular formula is C30H41N5O3. The fourth-order valence-corrected chi connectivity index (χ4v) is 5.60. The largest absolute Gasteiger partial charge is 0.491 e. The molecular weight excluding hydrogens is 478 g/mol. The number of piperidine rings is 1. The maximum atomic E-state index is 10.0. The van der Waals surface area contributed by atoms with Gasteiger partial charge in [-0.2, -0.15) is 0 Å². The first kappa shape index (κ1) is 26.8. The normalized spacial score (nSPS) is 17.6. The molecule has 0 amide bonds. The van der Waals surface area contributed by atoms with Crippen LogP contribution in [0.25, 0.3) is 22.6 Å². The molecule has 1 aromatic carbocycles. The van der Waals surface area contributed by atoms with Gasteiger partial charge < -0.3 is 24.6 Å². The molecule has 0 bridgehead atoms. The van der Waals surface area contributed by atoms with E-state index in [1.54, 1.807) is 0 Å². The lowest BCUT2D eigenvalue weighted by molar-refractivity contribution is 0.108. The van der Waals surface area contributed by atoms with Gasteiger partial charge in [0.1, 0.15) is 24.2 Å². The van der Waals surface area contributed by atoms with E-state index in [4.69, 9.17) is 19.2 Å². The highest BCUT2D eigenvalue weighted by Gasteiger charge is 2.31. The molecule has 1 unspecified atom stereocenters. The van der Waals surface area contributed by atoms with E-state index >= 15 is 0 Å². The number of likely N-dealkylation sites (N-methyl/N-ethyl adjacent to an activating group) is 1. The van der Waals surface area contributed by atoms with Crippen molar-refractivity contribution in [3.8, 4) is 28.4 Å². The third kappa shape index (κ3) is 6.25. The zero-order valence-corrected chi connectivity index (χ0v) is 23.2. The molecule has 1 atom stereocenters. The van der Waals surface area contributed by atoms with Gasteiger partial charge >= 0.3 is 0 Å². The summed E-state index contributed by atoms with van der Waals surface area (Å²) in [4.78, 5) is 12.8. The van der Waals surface area contributed by atoms with Crippen molar-refractivity contribution in [3.05, 3.63) is 47.0 Å². The van der Waals surface area contributed by atoms with Crippen LogP contribution < -0.4 is 10.1 Å². The van der Waals surface area contributed by atoms with Crippen molar-refractivity contribution in [2.24, 2.45) is 5.92 Å². The summed E-state index contributed by atoms with van der Waals surface area (Å²) in [5.74, 6) is 2.87. The van der Waals surface area contributed by atoms with Crippen molar-refractivity contribution in [2.45, 2.75) is 71.4 Å². The molecule has 3 heterocycles. The van der Waals surface area contributed by atoms with E-state index in [9.17, 15) is 5.11 Å². The molecule has 204 valence electrons. The fourth-order valence-electron chi connectivity index (χ4n) is 5.60. The van der Waals surface area contributed by atoms with Gasteiger partial charge in [-0.1, -0.05) is 17.3 Å². The van der Waals surface area contributed by atoms with Crippen LogP contribution in [0.15, 0.2) is 28.8 Å². The van der Waals surface area contributed by atoms with E-state index < -0.39 is 6.10 Å². The van der Waals surface area contributed by atoms with Crippen LogP contribution >= 0.6 is 0 Å². The van der Waals surface area contributed by atoms with Crippen LogP contribution in [0.1, 0.15) is 54.8 Å². The van der Waals surface area contributed by atoms with Crippen LogP contribution in [0.3, 0.4) is 0 Å². The fraction of sp³-hybridized carbons (Fsp3) is 0.567. The highest BCUT2D eigenvalue weighted by molar-refractivity contribution is 5.70. The van der Waals surface area contributed by atoms with Gasteiger partial charge in [-0.05, 0) is 103 Å². The molecule has 2 aromatic heterocycles. The zero-order valence-electron chi connectivity index (χ0n) is 23.2. The summed E-state index contributed by atoms with van der Waals surface area (Å²) in [7, 11) is 1.81. The highest BCUT2D eigenvalue weighted by Crippen LogP contribution is 2.35. The second-order valence-electron chi connectivity index (χ2n) is 11.0. The summed E-state index contributed by atoms with van der Waals surface area (Å²) in [5.41, 5.74) is 5.75. The molecule has 1 saturated heterocycles. The third-order valence-electron chi connectivity index (χ3n) is 7.99. The van der Waals surface area contributed by atoms with Crippen molar-refractivity contribution >= 4 is 0 Å². The Hall–Kier alpha value is -2.81. The number of hydrogen-bond donors (Lipinski definition) is 2. The minimum absolute atomic E-state index is 0.216. The van der Waals surface area contributed by atoms with Crippen molar-refractivity contribution in [3.63, 3.8) is 0 Å². The molecule has 1 aliphatic carbocycles. The topological polar surface area (TPSA) is 96.5 Å². The molecule has 8 heteroatoms. The maximum absolute atomic E-state index is 10.0. The number of ether oxygens (including phenoxy) is 1. The Morgan fingerprint density at radius 2 is 1.92 bits per heavy atom. The summed E-state index contributed by atoms with van der Waals surface area (Å²) in [6.45, 7) is 9.20. The highest BCUT2D eigenvalue weighted by atomic mass is 16.5. The van der Waals surface area contributed by atoms with Crippen molar-refractivity contribution in [1.82, 2.24) is 25.3 Å². The minimum atomic E-state index is -0.576. The lowest BCUT2D eigenvalue weighted by Gasteiger charge is -2.32. The molecule has 5 rings (SSSR count). The van der Waals surface area contributed by atoms with Crippen LogP contribution in [0.4, 0.5) is 0 Å². The van der Waals surface area contributed by atoms with Crippen LogP contribution in [0.5, 0.6) is 5.75 Å². The van der Waals surface area contributed by atoms with Crippen molar-refractivity contribution in [2.75, 3.05) is 33.3 Å². The predicted octanol–water partition coefficient (Wildman–Crippen LogP) is 4.49. The molecule has 0 radical (unpaired) electrons. The molecule has 3 aromatic rings. The summed E-state index contributed by atoms with van der Waals surface area (Å²) in [6, 6.07) is 8.67. The van der Waals surface area contributed by atoms with Crippen LogP contribution in [0.2, 0.25) is 0 Å². The Morgan fingerprint density at radius 3 is 2.61 bits per heavy atom. The van der Waals surface area contributed by atoms with Crippen LogP contribution in [-0.4, -0.2) is 70.6 Å². The number of aromatic nitrogens is 3. The van der Waals surface area contributed by atoms with E-state index in [1.807, 2.05) is 45.2 Å². The Balaban J connectivity index is 1.40. The standard InChI is InChI=1S/C30H41N5O3/c1-19-27(11-8-22-12-14-35(15-13-22)24-9-10-24)32-30(33-29(19)28-20(2)34-38-21(28)3)23-6-5-7-26(16-23)37-18-25(36)17-31-4/h5-7,16,22,24-25,31,36H,8-15,17-18H2,1-4H3. The Labute approximate surface area is 225 Å². The van der Waals surface area contributed by atoms with Crippen molar-refractivity contribution in [1.29, 1.82) is 0 Å². The number of aliphatic hydroxyl groups excluding tert-OH is 1. The number of rotatable bonds is 11. The lowest BCUT2D eigenvalue weighted by Crippen LogP contribution is -2.35. The number of hydrogen-bond acceptors (Lipinski definition) is 8. The first-order chi connectivity index (χ1) is 18.4. The number of nitrogens with one attached hydrogen (secondary N) is 1. The van der Waals surface area contributed by atoms with Crippen LogP contribution in [-0.2, 0) is 6.42 Å². The molecule has 8 nitrogen and oxygen atoms in total. The van der Waals surface area contributed by atoms with Gasteiger partial charge in [0, 0.05) is 23.8 Å². The van der Waals surface area contributed by atoms with Crippen molar-refractivity contribution < 1.29 is 14.4 Å². The quantitative estimate of drug-likeness (QED) is 0.383. The van der Waals surface area contributed by atoms with Gasteiger partial charge in [0.05, 0.1) is 17.0 Å². The SMILES string of the molecule is CNCC(O)COc1cccc(-c2nc(CCC3CCN(C4CC4)CC3)c(C)c(-c3c(C)noc3C)n2)c1. The molecule has 2 aliphatic rings. The Kier molecular flexibility index (Phi) is 8.41. The first-order valence-corrected chi connectivity index (χ1v) is 14.0. The second kappa shape index (κ2) is 11.9. The Morgan fingerprint density at radius 1 is 1.13 bits per heavy atom. The molecule has 2 N–H and O–H groups in total. The van der Waals surface area contributed by atoms with Gasteiger partial charge in [-0.3, -0.25) is 0 Å². The van der Waals surface area contributed by atoms with Crippen LogP contribution in [0, 0.1) is 26.7 Å². The second-order valence-corrected chi connectivity index (χ2v) is 11.0. The number of nitrogens with zero attached hydrogens (tertiary/aromatic N) is 4. The number of benzene rings is 1. The van der Waals surface area contributed by atoms with Gasteiger partial charge in [0.25, 0.3) is 0 Å². The average Bonchev–Trinajstić information content (AvgIpc) is 3.72. The van der Waals surface area contributed by atoms with Gasteiger partial charge in [0.15, 0.2) is 5.82 Å². The smallest absolute Gasteiger partial charge is 0.160 e. The van der Waals surface area contributed by atoms with E-state index in [1.165, 1.54) is 38.8 Å². The van der Waals surface area contributed by atoms with Gasteiger partial charge in [0.2, 0.25) is 0 Å².